The van der Waals surface area contributed by atoms with Crippen LogP contribution in [0, 0.1) is 11.6 Å². The molecule has 5 heteroatoms. The molecule has 1 aromatic rings. The Hall–Kier alpha value is -1.36. The van der Waals surface area contributed by atoms with Crippen LogP contribution >= 0.6 is 0 Å². The van der Waals surface area contributed by atoms with E-state index in [0.29, 0.717) is 6.42 Å². The summed E-state index contributed by atoms with van der Waals surface area (Å²) in [6.07, 6.45) is 0.385. The van der Waals surface area contributed by atoms with Gasteiger partial charge in [0.25, 0.3) is 0 Å². The van der Waals surface area contributed by atoms with Gasteiger partial charge in [-0.2, -0.15) is 0 Å². The van der Waals surface area contributed by atoms with Crippen molar-refractivity contribution in [2.24, 2.45) is 0 Å². The van der Waals surface area contributed by atoms with Gasteiger partial charge in [-0.15, -0.1) is 0 Å². The molecule has 0 aliphatic carbocycles. The van der Waals surface area contributed by atoms with E-state index in [9.17, 15) is 8.78 Å². The third kappa shape index (κ3) is 3.06. The number of halogens is 2. The van der Waals surface area contributed by atoms with Crippen LogP contribution < -0.4 is 11.1 Å². The predicted molar refractivity (Wildman–Crippen MR) is 60.2 cm³/mol. The number of aliphatic hydroxyl groups excluding tert-OH is 1. The molecule has 0 saturated carbocycles. The summed E-state index contributed by atoms with van der Waals surface area (Å²) >= 11 is 0. The zero-order valence-corrected chi connectivity index (χ0v) is 9.35. The smallest absolute Gasteiger partial charge is 0.151 e. The van der Waals surface area contributed by atoms with Crippen molar-refractivity contribution in [2.45, 2.75) is 25.8 Å². The largest absolute Gasteiger partial charge is 0.399 e. The molecule has 0 atom stereocenters. The molecule has 1 aromatic carbocycles. The minimum Gasteiger partial charge on any atom is -0.399 e. The van der Waals surface area contributed by atoms with Crippen molar-refractivity contribution in [3.8, 4) is 0 Å². The number of nitrogens with two attached hydrogens (primary N) is 1. The molecule has 0 spiro atoms. The Bertz CT molecular complexity index is 357. The van der Waals surface area contributed by atoms with E-state index in [1.165, 1.54) is 0 Å². The van der Waals surface area contributed by atoms with Gasteiger partial charge in [0.1, 0.15) is 5.69 Å². The topological polar surface area (TPSA) is 58.3 Å². The minimum absolute atomic E-state index is 0.0421. The molecule has 0 aliphatic heterocycles. The van der Waals surface area contributed by atoms with Crippen molar-refractivity contribution in [3.63, 3.8) is 0 Å². The van der Waals surface area contributed by atoms with Crippen molar-refractivity contribution in [1.29, 1.82) is 0 Å². The van der Waals surface area contributed by atoms with Crippen LogP contribution in [0.4, 0.5) is 20.2 Å². The number of rotatable bonds is 4. The molecule has 0 unspecified atom stereocenters. The molecule has 0 saturated heterocycles. The van der Waals surface area contributed by atoms with E-state index < -0.39 is 17.2 Å². The number of nitrogens with one attached hydrogen (secondary N) is 1. The molecule has 90 valence electrons. The molecule has 0 fully saturated rings. The first-order valence-corrected chi connectivity index (χ1v) is 4.99. The molecular formula is C11H16F2N2O. The Morgan fingerprint density at radius 3 is 2.25 bits per heavy atom. The summed E-state index contributed by atoms with van der Waals surface area (Å²) in [5.41, 5.74) is 4.54. The van der Waals surface area contributed by atoms with Gasteiger partial charge in [-0.25, -0.2) is 8.78 Å². The summed E-state index contributed by atoms with van der Waals surface area (Å²) in [4.78, 5) is 0. The van der Waals surface area contributed by atoms with Crippen LogP contribution in [-0.4, -0.2) is 17.3 Å². The van der Waals surface area contributed by atoms with E-state index in [4.69, 9.17) is 10.8 Å². The zero-order valence-electron chi connectivity index (χ0n) is 9.35. The van der Waals surface area contributed by atoms with E-state index in [1.807, 2.05) is 0 Å². The molecule has 0 aromatic heterocycles. The fraction of sp³-hybridized carbons (Fsp3) is 0.455. The molecule has 0 heterocycles. The normalized spacial score (nSPS) is 11.6. The second kappa shape index (κ2) is 4.65. The first kappa shape index (κ1) is 12.7. The van der Waals surface area contributed by atoms with Crippen LogP contribution in [0.5, 0.6) is 0 Å². The Morgan fingerprint density at radius 1 is 1.31 bits per heavy atom. The SMILES string of the molecule is CC(C)(CCO)Nc1c(F)cc(N)cc1F. The minimum atomic E-state index is -0.733. The average Bonchev–Trinajstić information content (AvgIpc) is 2.11. The fourth-order valence-electron chi connectivity index (χ4n) is 1.39. The summed E-state index contributed by atoms with van der Waals surface area (Å²) in [5.74, 6) is -1.47. The summed E-state index contributed by atoms with van der Waals surface area (Å²) in [7, 11) is 0. The van der Waals surface area contributed by atoms with Gasteiger partial charge in [-0.3, -0.25) is 0 Å². The molecular weight excluding hydrogens is 214 g/mol. The van der Waals surface area contributed by atoms with Gasteiger partial charge in [0, 0.05) is 17.8 Å². The van der Waals surface area contributed by atoms with Gasteiger partial charge in [-0.1, -0.05) is 0 Å². The lowest BCUT2D eigenvalue weighted by Gasteiger charge is -2.27. The van der Waals surface area contributed by atoms with E-state index >= 15 is 0 Å². The maximum Gasteiger partial charge on any atom is 0.151 e. The maximum absolute atomic E-state index is 13.4. The molecule has 0 radical (unpaired) electrons. The average molecular weight is 230 g/mol. The summed E-state index contributed by atoms with van der Waals surface area (Å²) < 4.78 is 26.9. The number of anilines is 2. The van der Waals surface area contributed by atoms with Crippen LogP contribution in [-0.2, 0) is 0 Å². The Morgan fingerprint density at radius 2 is 1.81 bits per heavy atom. The molecule has 16 heavy (non-hydrogen) atoms. The highest BCUT2D eigenvalue weighted by atomic mass is 19.1. The molecule has 3 nitrogen and oxygen atoms in total. The molecule has 4 N–H and O–H groups in total. The van der Waals surface area contributed by atoms with Crippen molar-refractivity contribution < 1.29 is 13.9 Å². The van der Waals surface area contributed by atoms with Gasteiger partial charge < -0.3 is 16.2 Å². The Labute approximate surface area is 93.3 Å². The quantitative estimate of drug-likeness (QED) is 0.694. The number of hydrogen-bond acceptors (Lipinski definition) is 3. The molecule has 1 rings (SSSR count). The predicted octanol–water partition coefficient (Wildman–Crippen LogP) is 2.12. The lowest BCUT2D eigenvalue weighted by Crippen LogP contribution is -2.32. The van der Waals surface area contributed by atoms with E-state index in [0.717, 1.165) is 12.1 Å². The van der Waals surface area contributed by atoms with Crippen molar-refractivity contribution in [3.05, 3.63) is 23.8 Å². The lowest BCUT2D eigenvalue weighted by molar-refractivity contribution is 0.260. The van der Waals surface area contributed by atoms with Crippen LogP contribution in [0.2, 0.25) is 0 Å². The highest BCUT2D eigenvalue weighted by molar-refractivity contribution is 5.55. The van der Waals surface area contributed by atoms with E-state index in [1.54, 1.807) is 13.8 Å². The number of aliphatic hydroxyl groups is 1. The van der Waals surface area contributed by atoms with Gasteiger partial charge in [-0.05, 0) is 32.4 Å². The van der Waals surface area contributed by atoms with E-state index in [-0.39, 0.29) is 18.0 Å². The molecule has 0 aliphatic rings. The maximum atomic E-state index is 13.4. The molecule has 0 bridgehead atoms. The second-order valence-corrected chi connectivity index (χ2v) is 4.34. The van der Waals surface area contributed by atoms with Gasteiger partial charge in [0.15, 0.2) is 11.6 Å². The summed E-state index contributed by atoms with van der Waals surface area (Å²) in [5, 5.41) is 11.5. The van der Waals surface area contributed by atoms with Crippen LogP contribution in [0.3, 0.4) is 0 Å². The number of nitrogen functional groups attached to an aromatic ring is 1. The van der Waals surface area contributed by atoms with E-state index in [2.05, 4.69) is 5.32 Å². The van der Waals surface area contributed by atoms with Gasteiger partial charge in [0.05, 0.1) is 0 Å². The fourth-order valence-corrected chi connectivity index (χ4v) is 1.39. The summed E-state index contributed by atoms with van der Waals surface area (Å²) in [6.45, 7) is 3.44. The van der Waals surface area contributed by atoms with Crippen LogP contribution in [0.25, 0.3) is 0 Å². The Kier molecular flexibility index (Phi) is 3.70. The number of hydrogen-bond donors (Lipinski definition) is 3. The first-order valence-electron chi connectivity index (χ1n) is 4.99. The van der Waals surface area contributed by atoms with Crippen molar-refractivity contribution in [2.75, 3.05) is 17.7 Å². The third-order valence-electron chi connectivity index (χ3n) is 2.26. The first-order chi connectivity index (χ1) is 7.35. The molecule has 0 amide bonds. The third-order valence-corrected chi connectivity index (χ3v) is 2.26. The standard InChI is InChI=1S/C11H16F2N2O/c1-11(2,3-4-16)15-10-8(12)5-7(14)6-9(10)13/h5-6,15-16H,3-4,14H2,1-2H3. The monoisotopic (exact) mass is 230 g/mol. The highest BCUT2D eigenvalue weighted by Crippen LogP contribution is 2.26. The van der Waals surface area contributed by atoms with Crippen LogP contribution in [0.15, 0.2) is 12.1 Å². The van der Waals surface area contributed by atoms with Crippen molar-refractivity contribution >= 4 is 11.4 Å². The van der Waals surface area contributed by atoms with Crippen molar-refractivity contribution in [1.82, 2.24) is 0 Å². The van der Waals surface area contributed by atoms with Gasteiger partial charge in [0.2, 0.25) is 0 Å². The highest BCUT2D eigenvalue weighted by Gasteiger charge is 2.21. The number of benzene rings is 1. The van der Waals surface area contributed by atoms with Gasteiger partial charge >= 0.3 is 0 Å². The summed E-state index contributed by atoms with van der Waals surface area (Å²) in [6, 6.07) is 2.11. The lowest BCUT2D eigenvalue weighted by atomic mass is 10.0. The second-order valence-electron chi connectivity index (χ2n) is 4.34. The zero-order chi connectivity index (χ0) is 12.3. The van der Waals surface area contributed by atoms with Crippen LogP contribution in [0.1, 0.15) is 20.3 Å². The Balaban J connectivity index is 2.97.